The molecule has 1 atom stereocenters. The van der Waals surface area contributed by atoms with E-state index in [1.165, 1.54) is 16.4 Å². The molecule has 1 fully saturated rings. The van der Waals surface area contributed by atoms with E-state index >= 15 is 0 Å². The Balaban J connectivity index is 1.97. The van der Waals surface area contributed by atoms with E-state index in [1.54, 1.807) is 4.90 Å². The van der Waals surface area contributed by atoms with Crippen LogP contribution in [-0.2, 0) is 16.6 Å². The Bertz CT molecular complexity index is 981. The smallest absolute Gasteiger partial charge is 0.293 e. The minimum absolute atomic E-state index is 0.0734. The van der Waals surface area contributed by atoms with Crippen LogP contribution < -0.4 is 4.90 Å². The third kappa shape index (κ3) is 4.97. The third-order valence-corrected chi connectivity index (χ3v) is 7.19. The van der Waals surface area contributed by atoms with E-state index in [4.69, 9.17) is 0 Å². The van der Waals surface area contributed by atoms with Gasteiger partial charge in [0.15, 0.2) is 0 Å². The second kappa shape index (κ2) is 9.55. The van der Waals surface area contributed by atoms with Crippen LogP contribution in [0.15, 0.2) is 53.4 Å². The summed E-state index contributed by atoms with van der Waals surface area (Å²) >= 11 is 0. The van der Waals surface area contributed by atoms with Gasteiger partial charge in [0.25, 0.3) is 5.69 Å². The van der Waals surface area contributed by atoms with Crippen LogP contribution in [0.25, 0.3) is 0 Å². The Hall–Kier alpha value is -2.49. The molecule has 1 saturated heterocycles. The van der Waals surface area contributed by atoms with Gasteiger partial charge in [-0.2, -0.15) is 4.31 Å². The zero-order valence-electron chi connectivity index (χ0n) is 17.0. The van der Waals surface area contributed by atoms with E-state index < -0.39 is 14.9 Å². The molecule has 30 heavy (non-hydrogen) atoms. The van der Waals surface area contributed by atoms with Crippen molar-refractivity contribution in [1.29, 1.82) is 0 Å². The lowest BCUT2D eigenvalue weighted by molar-refractivity contribution is -0.384. The fourth-order valence-corrected chi connectivity index (χ4v) is 5.42. The molecule has 2 aromatic rings. The largest absolute Gasteiger partial charge is 0.395 e. The zero-order valence-corrected chi connectivity index (χ0v) is 17.8. The van der Waals surface area contributed by atoms with Crippen molar-refractivity contribution in [2.45, 2.75) is 31.2 Å². The van der Waals surface area contributed by atoms with Crippen LogP contribution in [0.1, 0.15) is 25.3 Å². The maximum atomic E-state index is 13.1. The molecule has 162 valence electrons. The molecule has 1 N–H and O–H groups in total. The first-order valence-corrected chi connectivity index (χ1v) is 11.4. The van der Waals surface area contributed by atoms with Gasteiger partial charge in [-0.05, 0) is 36.5 Å². The zero-order chi connectivity index (χ0) is 21.7. The molecule has 8 nitrogen and oxygen atoms in total. The fraction of sp³-hybridized carbons (Fsp3) is 0.429. The molecule has 1 aliphatic rings. The highest BCUT2D eigenvalue weighted by atomic mass is 32.2. The topological polar surface area (TPSA) is 104 Å². The molecule has 9 heteroatoms. The highest BCUT2D eigenvalue weighted by Gasteiger charge is 2.31. The van der Waals surface area contributed by atoms with Gasteiger partial charge in [0.05, 0.1) is 16.4 Å². The van der Waals surface area contributed by atoms with Crippen LogP contribution in [0.5, 0.6) is 0 Å². The number of anilines is 1. The Kier molecular flexibility index (Phi) is 7.06. The van der Waals surface area contributed by atoms with Crippen molar-refractivity contribution in [3.63, 3.8) is 0 Å². The number of benzene rings is 2. The maximum absolute atomic E-state index is 13.1. The number of nitro groups is 1. The van der Waals surface area contributed by atoms with Crippen molar-refractivity contribution < 1.29 is 18.4 Å². The molecule has 1 heterocycles. The molecule has 2 aromatic carbocycles. The van der Waals surface area contributed by atoms with Crippen molar-refractivity contribution in [3.8, 4) is 0 Å². The van der Waals surface area contributed by atoms with Crippen LogP contribution >= 0.6 is 0 Å². The number of hydrogen-bond donors (Lipinski definition) is 1. The van der Waals surface area contributed by atoms with Gasteiger partial charge < -0.3 is 10.0 Å². The van der Waals surface area contributed by atoms with Crippen LogP contribution in [0.3, 0.4) is 0 Å². The second-order valence-corrected chi connectivity index (χ2v) is 9.59. The van der Waals surface area contributed by atoms with Crippen LogP contribution in [0.2, 0.25) is 0 Å². The van der Waals surface area contributed by atoms with Gasteiger partial charge >= 0.3 is 0 Å². The number of hydrogen-bond acceptors (Lipinski definition) is 6. The summed E-state index contributed by atoms with van der Waals surface area (Å²) in [7, 11) is -3.80. The van der Waals surface area contributed by atoms with E-state index in [-0.39, 0.29) is 35.3 Å². The molecule has 0 aromatic heterocycles. The molecule has 0 bridgehead atoms. The molecule has 3 rings (SSSR count). The first-order valence-electron chi connectivity index (χ1n) is 10.0. The number of nitrogens with zero attached hydrogens (tertiary/aromatic N) is 3. The van der Waals surface area contributed by atoms with Gasteiger partial charge in [0, 0.05) is 32.2 Å². The van der Waals surface area contributed by atoms with Gasteiger partial charge in [-0.1, -0.05) is 37.3 Å². The predicted octanol–water partition coefficient (Wildman–Crippen LogP) is 3.01. The van der Waals surface area contributed by atoms with Gasteiger partial charge in [-0.15, -0.1) is 0 Å². The van der Waals surface area contributed by atoms with Crippen molar-refractivity contribution in [2.75, 3.05) is 31.1 Å². The lowest BCUT2D eigenvalue weighted by Gasteiger charge is -2.30. The average molecular weight is 434 g/mol. The van der Waals surface area contributed by atoms with Crippen molar-refractivity contribution in [1.82, 2.24) is 4.31 Å². The van der Waals surface area contributed by atoms with E-state index in [0.717, 1.165) is 24.5 Å². The number of rotatable bonds is 8. The number of sulfonamides is 1. The summed E-state index contributed by atoms with van der Waals surface area (Å²) in [5.74, 6) is 0.258. The average Bonchev–Trinajstić information content (AvgIpc) is 2.73. The quantitative estimate of drug-likeness (QED) is 0.507. The number of nitro benzene ring substituents is 1. The summed E-state index contributed by atoms with van der Waals surface area (Å²) in [4.78, 5) is 12.8. The van der Waals surface area contributed by atoms with Crippen LogP contribution in [-0.4, -0.2) is 49.0 Å². The molecule has 0 spiro atoms. The van der Waals surface area contributed by atoms with E-state index in [0.29, 0.717) is 19.6 Å². The summed E-state index contributed by atoms with van der Waals surface area (Å²) in [6, 6.07) is 13.4. The molecular formula is C21H27N3O5S. The Morgan fingerprint density at radius 1 is 1.23 bits per heavy atom. The van der Waals surface area contributed by atoms with Gasteiger partial charge in [0.1, 0.15) is 5.69 Å². The Labute approximate surface area is 176 Å². The lowest BCUT2D eigenvalue weighted by Crippen LogP contribution is -2.39. The maximum Gasteiger partial charge on any atom is 0.293 e. The van der Waals surface area contributed by atoms with Gasteiger partial charge in [-0.25, -0.2) is 8.42 Å². The fourth-order valence-electron chi connectivity index (χ4n) is 3.80. The van der Waals surface area contributed by atoms with Gasteiger partial charge in [0.2, 0.25) is 10.0 Å². The summed E-state index contributed by atoms with van der Waals surface area (Å²) in [5, 5.41) is 21.3. The minimum Gasteiger partial charge on any atom is -0.395 e. The molecule has 0 radical (unpaired) electrons. The second-order valence-electron chi connectivity index (χ2n) is 7.65. The highest BCUT2D eigenvalue weighted by molar-refractivity contribution is 7.89. The molecule has 0 unspecified atom stereocenters. The lowest BCUT2D eigenvalue weighted by atomic mass is 10.0. The molecular weight excluding hydrogens is 406 g/mol. The SMILES string of the molecule is C[C@H]1CCCN(S(=O)(=O)c2ccc(N(CCO)Cc3ccccc3)c([N+](=O)[O-])c2)C1. The molecule has 0 amide bonds. The van der Waals surface area contributed by atoms with Crippen molar-refractivity contribution >= 4 is 21.4 Å². The van der Waals surface area contributed by atoms with Crippen molar-refractivity contribution in [3.05, 3.63) is 64.2 Å². The molecule has 0 saturated carbocycles. The Morgan fingerprint density at radius 3 is 2.60 bits per heavy atom. The number of piperidine rings is 1. The summed E-state index contributed by atoms with van der Waals surface area (Å²) in [6.45, 7) is 3.21. The summed E-state index contributed by atoms with van der Waals surface area (Å²) < 4.78 is 27.5. The van der Waals surface area contributed by atoms with E-state index in [9.17, 15) is 23.6 Å². The van der Waals surface area contributed by atoms with Crippen LogP contribution in [0.4, 0.5) is 11.4 Å². The van der Waals surface area contributed by atoms with E-state index in [1.807, 2.05) is 37.3 Å². The standard InChI is InChI=1S/C21H27N3O5S/c1-17-6-5-11-23(15-17)30(28,29)19-9-10-20(21(14-19)24(26)27)22(12-13-25)16-18-7-3-2-4-8-18/h2-4,7-10,14,17,25H,5-6,11-13,15-16H2,1H3/t17-/m0/s1. The van der Waals surface area contributed by atoms with E-state index in [2.05, 4.69) is 0 Å². The predicted molar refractivity (Wildman–Crippen MR) is 115 cm³/mol. The number of aliphatic hydroxyl groups excluding tert-OH is 1. The third-order valence-electron chi connectivity index (χ3n) is 5.33. The first kappa shape index (κ1) is 22.2. The normalized spacial score (nSPS) is 17.6. The summed E-state index contributed by atoms with van der Waals surface area (Å²) in [5.41, 5.74) is 0.925. The number of aliphatic hydroxyl groups is 1. The Morgan fingerprint density at radius 2 is 1.97 bits per heavy atom. The molecule has 1 aliphatic heterocycles. The monoisotopic (exact) mass is 433 g/mol. The summed E-state index contributed by atoms with van der Waals surface area (Å²) in [6.07, 6.45) is 1.75. The molecule has 0 aliphatic carbocycles. The van der Waals surface area contributed by atoms with Gasteiger partial charge in [-0.3, -0.25) is 10.1 Å². The minimum atomic E-state index is -3.80. The van der Waals surface area contributed by atoms with Crippen LogP contribution in [0, 0.1) is 16.0 Å². The highest BCUT2D eigenvalue weighted by Crippen LogP contribution is 2.33. The van der Waals surface area contributed by atoms with Crippen molar-refractivity contribution in [2.24, 2.45) is 5.92 Å². The first-order chi connectivity index (χ1) is 14.3.